The first kappa shape index (κ1) is 19.2. The molecule has 0 aromatic heterocycles. The molecule has 0 aliphatic carbocycles. The molecular weight excluding hydrogens is 313 g/mol. The van der Waals surface area contributed by atoms with Gasteiger partial charge in [0.25, 0.3) is 0 Å². The molecule has 0 bridgehead atoms. The van der Waals surface area contributed by atoms with Gasteiger partial charge >= 0.3 is 0 Å². The van der Waals surface area contributed by atoms with Crippen molar-refractivity contribution in [2.75, 3.05) is 6.54 Å². The van der Waals surface area contributed by atoms with Crippen LogP contribution >= 0.6 is 0 Å². The topological polar surface area (TPSA) is 21.6 Å². The van der Waals surface area contributed by atoms with E-state index in [0.717, 1.165) is 23.4 Å². The second kappa shape index (κ2) is 10.7. The Kier molecular flexibility index (Phi) is 8.17. The van der Waals surface area contributed by atoms with Gasteiger partial charge in [0.05, 0.1) is 0 Å². The van der Waals surface area contributed by atoms with Crippen molar-refractivity contribution in [3.05, 3.63) is 65.5 Å². The number of benzene rings is 2. The Morgan fingerprint density at radius 2 is 1.76 bits per heavy atom. The molecule has 1 unspecified atom stereocenters. The van der Waals surface area contributed by atoms with Crippen LogP contribution in [0, 0.1) is 11.7 Å². The number of hydrogen-bond acceptors (Lipinski definition) is 2. The lowest BCUT2D eigenvalue weighted by Crippen LogP contribution is -2.03. The van der Waals surface area contributed by atoms with Crippen molar-refractivity contribution in [3.8, 4) is 5.75 Å². The van der Waals surface area contributed by atoms with Crippen molar-refractivity contribution >= 4 is 6.21 Å². The molecule has 0 saturated carbocycles. The molecule has 0 aliphatic heterocycles. The number of rotatable bonds is 10. The quantitative estimate of drug-likeness (QED) is 0.483. The number of nitrogens with zero attached hydrogens (tertiary/aromatic N) is 1. The van der Waals surface area contributed by atoms with E-state index in [4.69, 9.17) is 4.74 Å². The molecule has 2 rings (SSSR count). The third kappa shape index (κ3) is 7.08. The molecule has 0 radical (unpaired) electrons. The SMILES string of the molecule is CCCCC(CC)C/N=C/c1ccc(OCc2ccc(F)cc2)cc1. The molecule has 0 heterocycles. The fourth-order valence-electron chi connectivity index (χ4n) is 2.62. The van der Waals surface area contributed by atoms with Gasteiger partial charge in [0.2, 0.25) is 0 Å². The molecule has 1 atom stereocenters. The Balaban J connectivity index is 1.80. The van der Waals surface area contributed by atoms with Crippen LogP contribution in [0.3, 0.4) is 0 Å². The molecule has 0 saturated heterocycles. The summed E-state index contributed by atoms with van der Waals surface area (Å²) in [5, 5.41) is 0. The third-order valence-corrected chi connectivity index (χ3v) is 4.35. The van der Waals surface area contributed by atoms with E-state index < -0.39 is 0 Å². The van der Waals surface area contributed by atoms with Crippen LogP contribution in [-0.2, 0) is 6.61 Å². The predicted octanol–water partition coefficient (Wildman–Crippen LogP) is 6.04. The first-order chi connectivity index (χ1) is 12.2. The number of aliphatic imine (C=N–C) groups is 1. The molecule has 0 spiro atoms. The average molecular weight is 341 g/mol. The maximum Gasteiger partial charge on any atom is 0.123 e. The molecule has 2 aromatic rings. The van der Waals surface area contributed by atoms with Crippen LogP contribution < -0.4 is 4.74 Å². The van der Waals surface area contributed by atoms with E-state index in [1.807, 2.05) is 30.5 Å². The van der Waals surface area contributed by atoms with Crippen molar-refractivity contribution in [1.29, 1.82) is 0 Å². The van der Waals surface area contributed by atoms with E-state index in [9.17, 15) is 4.39 Å². The third-order valence-electron chi connectivity index (χ3n) is 4.35. The molecule has 3 heteroatoms. The predicted molar refractivity (Wildman–Crippen MR) is 103 cm³/mol. The Bertz CT molecular complexity index is 634. The zero-order chi connectivity index (χ0) is 17.9. The van der Waals surface area contributed by atoms with Gasteiger partial charge in [-0.1, -0.05) is 45.2 Å². The van der Waals surface area contributed by atoms with Crippen molar-refractivity contribution in [2.24, 2.45) is 10.9 Å². The zero-order valence-electron chi connectivity index (χ0n) is 15.2. The minimum atomic E-state index is -0.229. The zero-order valence-corrected chi connectivity index (χ0v) is 15.2. The summed E-state index contributed by atoms with van der Waals surface area (Å²) < 4.78 is 18.6. The molecule has 0 aliphatic rings. The summed E-state index contributed by atoms with van der Waals surface area (Å²) in [6.45, 7) is 5.81. The van der Waals surface area contributed by atoms with Gasteiger partial charge in [-0.3, -0.25) is 4.99 Å². The first-order valence-corrected chi connectivity index (χ1v) is 9.18. The summed E-state index contributed by atoms with van der Waals surface area (Å²) in [5.41, 5.74) is 2.03. The number of ether oxygens (including phenoxy) is 1. The van der Waals surface area contributed by atoms with Crippen LogP contribution in [0.1, 0.15) is 50.7 Å². The second-order valence-electron chi connectivity index (χ2n) is 6.39. The van der Waals surface area contributed by atoms with E-state index in [-0.39, 0.29) is 5.82 Å². The Morgan fingerprint density at radius 3 is 2.40 bits per heavy atom. The average Bonchev–Trinajstić information content (AvgIpc) is 2.65. The normalized spacial score (nSPS) is 12.4. The van der Waals surface area contributed by atoms with Gasteiger partial charge in [0.15, 0.2) is 0 Å². The van der Waals surface area contributed by atoms with Crippen LogP contribution in [0.15, 0.2) is 53.5 Å². The van der Waals surface area contributed by atoms with Crippen LogP contribution in [0.25, 0.3) is 0 Å². The van der Waals surface area contributed by atoms with Gasteiger partial charge in [-0.05, 0) is 59.9 Å². The fraction of sp³-hybridized carbons (Fsp3) is 0.409. The highest BCUT2D eigenvalue weighted by molar-refractivity contribution is 5.79. The van der Waals surface area contributed by atoms with E-state index >= 15 is 0 Å². The maximum absolute atomic E-state index is 12.9. The van der Waals surface area contributed by atoms with Crippen LogP contribution in [-0.4, -0.2) is 12.8 Å². The number of hydrogen-bond donors (Lipinski definition) is 0. The highest BCUT2D eigenvalue weighted by atomic mass is 19.1. The van der Waals surface area contributed by atoms with Crippen LogP contribution in [0.2, 0.25) is 0 Å². The molecule has 25 heavy (non-hydrogen) atoms. The fourth-order valence-corrected chi connectivity index (χ4v) is 2.62. The van der Waals surface area contributed by atoms with Crippen molar-refractivity contribution in [3.63, 3.8) is 0 Å². The molecule has 134 valence electrons. The molecular formula is C22H28FNO. The van der Waals surface area contributed by atoms with E-state index in [0.29, 0.717) is 12.5 Å². The minimum Gasteiger partial charge on any atom is -0.489 e. The first-order valence-electron chi connectivity index (χ1n) is 9.18. The number of unbranched alkanes of at least 4 members (excludes halogenated alkanes) is 1. The van der Waals surface area contributed by atoms with Crippen LogP contribution in [0.4, 0.5) is 4.39 Å². The Labute approximate surface area is 150 Å². The van der Waals surface area contributed by atoms with Crippen LogP contribution in [0.5, 0.6) is 5.75 Å². The lowest BCUT2D eigenvalue weighted by molar-refractivity contribution is 0.306. The highest BCUT2D eigenvalue weighted by Gasteiger charge is 2.03. The van der Waals surface area contributed by atoms with Gasteiger partial charge in [0.1, 0.15) is 18.2 Å². The maximum atomic E-state index is 12.9. The standard InChI is InChI=1S/C22H28FNO/c1-3-5-6-18(4-2)15-24-16-19-9-13-22(14-10-19)25-17-20-7-11-21(23)12-8-20/h7-14,16,18H,3-6,15,17H2,1-2H3/b24-16+. The summed E-state index contributed by atoms with van der Waals surface area (Å²) in [6.07, 6.45) is 6.93. The lowest BCUT2D eigenvalue weighted by Gasteiger charge is -2.10. The van der Waals surface area contributed by atoms with Gasteiger partial charge < -0.3 is 4.74 Å². The molecule has 2 nitrogen and oxygen atoms in total. The highest BCUT2D eigenvalue weighted by Crippen LogP contribution is 2.15. The summed E-state index contributed by atoms with van der Waals surface area (Å²) in [4.78, 5) is 4.60. The van der Waals surface area contributed by atoms with E-state index in [2.05, 4.69) is 18.8 Å². The summed E-state index contributed by atoms with van der Waals surface area (Å²) >= 11 is 0. The van der Waals surface area contributed by atoms with Crippen molar-refractivity contribution < 1.29 is 9.13 Å². The number of halogens is 1. The lowest BCUT2D eigenvalue weighted by atomic mass is 10.00. The molecule has 0 amide bonds. The van der Waals surface area contributed by atoms with Gasteiger partial charge in [-0.25, -0.2) is 4.39 Å². The molecule has 0 N–H and O–H groups in total. The van der Waals surface area contributed by atoms with E-state index in [1.54, 1.807) is 12.1 Å². The Morgan fingerprint density at radius 1 is 1.04 bits per heavy atom. The largest absolute Gasteiger partial charge is 0.489 e. The molecule has 0 fully saturated rings. The van der Waals surface area contributed by atoms with Crippen molar-refractivity contribution in [2.45, 2.75) is 46.1 Å². The van der Waals surface area contributed by atoms with Gasteiger partial charge in [-0.2, -0.15) is 0 Å². The minimum absolute atomic E-state index is 0.229. The monoisotopic (exact) mass is 341 g/mol. The molecule has 2 aromatic carbocycles. The summed E-state index contributed by atoms with van der Waals surface area (Å²) in [5.74, 6) is 1.26. The van der Waals surface area contributed by atoms with Gasteiger partial charge in [0, 0.05) is 12.8 Å². The van der Waals surface area contributed by atoms with Gasteiger partial charge in [-0.15, -0.1) is 0 Å². The van der Waals surface area contributed by atoms with Crippen molar-refractivity contribution in [1.82, 2.24) is 0 Å². The second-order valence-corrected chi connectivity index (χ2v) is 6.39. The smallest absolute Gasteiger partial charge is 0.123 e. The Hall–Kier alpha value is -2.16. The summed E-state index contributed by atoms with van der Waals surface area (Å²) in [7, 11) is 0. The van der Waals surface area contributed by atoms with E-state index in [1.165, 1.54) is 37.8 Å². The summed E-state index contributed by atoms with van der Waals surface area (Å²) in [6, 6.07) is 14.3.